The number of nitrogens with one attached hydrogen (secondary N) is 2. The Morgan fingerprint density at radius 2 is 2.00 bits per heavy atom. The van der Waals surface area contributed by atoms with Crippen molar-refractivity contribution < 1.29 is 22.7 Å². The average molecular weight is 485 g/mol. The van der Waals surface area contributed by atoms with Gasteiger partial charge in [0.25, 0.3) is 15.9 Å². The lowest BCUT2D eigenvalue weighted by molar-refractivity contribution is -0.119. The summed E-state index contributed by atoms with van der Waals surface area (Å²) in [4.78, 5) is 27.5. The Morgan fingerprint density at radius 1 is 1.18 bits per heavy atom. The molecule has 10 heteroatoms. The molecule has 0 bridgehead atoms. The number of hydrogen-bond acceptors (Lipinski definition) is 6. The molecular weight excluding hydrogens is 456 g/mol. The molecule has 0 saturated carbocycles. The number of amidine groups is 1. The maximum atomic E-state index is 13.1. The van der Waals surface area contributed by atoms with Gasteiger partial charge in [0.1, 0.15) is 10.9 Å². The first-order valence-corrected chi connectivity index (χ1v) is 12.8. The number of amides is 2. The highest BCUT2D eigenvalue weighted by Gasteiger charge is 2.39. The van der Waals surface area contributed by atoms with Gasteiger partial charge in [-0.25, -0.2) is 0 Å². The molecule has 1 saturated heterocycles. The van der Waals surface area contributed by atoms with E-state index in [-0.39, 0.29) is 16.7 Å². The van der Waals surface area contributed by atoms with E-state index in [2.05, 4.69) is 15.0 Å². The molecule has 180 valence electrons. The molecule has 9 nitrogen and oxygen atoms in total. The van der Waals surface area contributed by atoms with Crippen LogP contribution in [0, 0.1) is 0 Å². The van der Waals surface area contributed by atoms with Crippen LogP contribution in [-0.4, -0.2) is 63.3 Å². The summed E-state index contributed by atoms with van der Waals surface area (Å²) in [5.41, 5.74) is 1.46. The van der Waals surface area contributed by atoms with E-state index in [0.717, 1.165) is 12.8 Å². The first-order chi connectivity index (χ1) is 16.4. The molecule has 2 heterocycles. The Balaban J connectivity index is 1.43. The monoisotopic (exact) mass is 484 g/mol. The van der Waals surface area contributed by atoms with Crippen molar-refractivity contribution in [2.75, 3.05) is 31.6 Å². The maximum Gasteiger partial charge on any atom is 0.285 e. The molecule has 0 spiro atoms. The number of nitrogens with zero attached hydrogens (tertiary/aromatic N) is 2. The molecule has 0 radical (unpaired) electrons. The van der Waals surface area contributed by atoms with Gasteiger partial charge in [0.15, 0.2) is 5.84 Å². The minimum Gasteiger partial charge on any atom is -0.382 e. The van der Waals surface area contributed by atoms with E-state index in [4.69, 9.17) is 4.74 Å². The first-order valence-electron chi connectivity index (χ1n) is 11.4. The summed E-state index contributed by atoms with van der Waals surface area (Å²) >= 11 is 0. The van der Waals surface area contributed by atoms with Crippen molar-refractivity contribution in [3.63, 3.8) is 0 Å². The molecule has 2 aliphatic rings. The quantitative estimate of drug-likeness (QED) is 0.556. The van der Waals surface area contributed by atoms with E-state index in [1.807, 2.05) is 6.92 Å². The van der Waals surface area contributed by atoms with E-state index in [1.54, 1.807) is 47.4 Å². The predicted octanol–water partition coefficient (Wildman–Crippen LogP) is 2.40. The van der Waals surface area contributed by atoms with Gasteiger partial charge in [-0.15, -0.1) is 4.40 Å². The van der Waals surface area contributed by atoms with Gasteiger partial charge in [-0.2, -0.15) is 8.42 Å². The molecule has 2 aliphatic heterocycles. The Labute approximate surface area is 199 Å². The summed E-state index contributed by atoms with van der Waals surface area (Å²) in [5, 5.41) is 5.72. The molecule has 0 aliphatic carbocycles. The summed E-state index contributed by atoms with van der Waals surface area (Å²) in [6.45, 7) is 4.18. The van der Waals surface area contributed by atoms with Crippen LogP contribution in [0.4, 0.5) is 5.69 Å². The van der Waals surface area contributed by atoms with Gasteiger partial charge < -0.3 is 20.3 Å². The van der Waals surface area contributed by atoms with Crippen LogP contribution in [0.3, 0.4) is 0 Å². The van der Waals surface area contributed by atoms with Crippen molar-refractivity contribution in [2.24, 2.45) is 4.40 Å². The molecular formula is C24H28N4O5S. The molecule has 2 N–H and O–H groups in total. The molecule has 1 atom stereocenters. The second-order valence-corrected chi connectivity index (χ2v) is 9.69. The topological polar surface area (TPSA) is 117 Å². The van der Waals surface area contributed by atoms with Crippen molar-refractivity contribution in [3.8, 4) is 0 Å². The van der Waals surface area contributed by atoms with Crippen molar-refractivity contribution in [1.29, 1.82) is 0 Å². The van der Waals surface area contributed by atoms with Crippen LogP contribution in [0.1, 0.15) is 42.1 Å². The lowest BCUT2D eigenvalue weighted by Crippen LogP contribution is -2.43. The van der Waals surface area contributed by atoms with Crippen LogP contribution < -0.4 is 10.6 Å². The summed E-state index contributed by atoms with van der Waals surface area (Å²) in [5.74, 6) is -0.179. The Kier molecular flexibility index (Phi) is 7.28. The largest absolute Gasteiger partial charge is 0.382 e. The summed E-state index contributed by atoms with van der Waals surface area (Å²) < 4.78 is 34.1. The van der Waals surface area contributed by atoms with Crippen LogP contribution in [0.25, 0.3) is 0 Å². The number of rotatable bonds is 8. The zero-order chi connectivity index (χ0) is 24.1. The fourth-order valence-electron chi connectivity index (χ4n) is 4.17. The number of carbonyl (C=O) groups is 2. The second kappa shape index (κ2) is 10.4. The highest BCUT2D eigenvalue weighted by Crippen LogP contribution is 2.31. The lowest BCUT2D eigenvalue weighted by Gasteiger charge is -2.25. The minimum atomic E-state index is -3.77. The molecule has 2 amide bonds. The molecule has 2 aromatic rings. The van der Waals surface area contributed by atoms with E-state index >= 15 is 0 Å². The van der Waals surface area contributed by atoms with Gasteiger partial charge in [0.2, 0.25) is 5.91 Å². The van der Waals surface area contributed by atoms with Crippen molar-refractivity contribution in [1.82, 2.24) is 10.2 Å². The van der Waals surface area contributed by atoms with Crippen molar-refractivity contribution in [2.45, 2.75) is 37.1 Å². The molecule has 0 unspecified atom stereocenters. The van der Waals surface area contributed by atoms with Crippen LogP contribution in [0.5, 0.6) is 0 Å². The Morgan fingerprint density at radius 3 is 2.82 bits per heavy atom. The third-order valence-corrected chi connectivity index (χ3v) is 7.11. The SMILES string of the molecule is CCOCCCNC(=O)c1cccc(NC(=O)[C@@H]2CCCN2C2=NS(=O)(=O)c3ccccc32)c1. The van der Waals surface area contributed by atoms with Crippen LogP contribution in [0.2, 0.25) is 0 Å². The highest BCUT2D eigenvalue weighted by molar-refractivity contribution is 7.90. The summed E-state index contributed by atoms with van der Waals surface area (Å²) in [7, 11) is -3.77. The predicted molar refractivity (Wildman–Crippen MR) is 128 cm³/mol. The van der Waals surface area contributed by atoms with Crippen LogP contribution >= 0.6 is 0 Å². The van der Waals surface area contributed by atoms with Crippen LogP contribution in [-0.2, 0) is 19.6 Å². The van der Waals surface area contributed by atoms with E-state index in [0.29, 0.717) is 55.4 Å². The van der Waals surface area contributed by atoms with Crippen LogP contribution in [0.15, 0.2) is 57.8 Å². The van der Waals surface area contributed by atoms with Crippen molar-refractivity contribution >= 4 is 33.4 Å². The average Bonchev–Trinajstić information content (AvgIpc) is 3.42. The molecule has 0 aromatic heterocycles. The zero-order valence-electron chi connectivity index (χ0n) is 19.0. The van der Waals surface area contributed by atoms with Gasteiger partial charge in [0.05, 0.1) is 0 Å². The summed E-state index contributed by atoms with van der Waals surface area (Å²) in [6, 6.07) is 12.8. The number of hydrogen-bond donors (Lipinski definition) is 2. The van der Waals surface area contributed by atoms with Crippen molar-refractivity contribution in [3.05, 3.63) is 59.7 Å². The van der Waals surface area contributed by atoms with Gasteiger partial charge in [-0.1, -0.05) is 18.2 Å². The van der Waals surface area contributed by atoms with Gasteiger partial charge in [-0.05, 0) is 56.5 Å². The number of anilines is 1. The van der Waals surface area contributed by atoms with Gasteiger partial charge in [0, 0.05) is 43.1 Å². The molecule has 1 fully saturated rings. The molecule has 2 aromatic carbocycles. The number of likely N-dealkylation sites (tertiary alicyclic amines) is 1. The second-order valence-electron chi connectivity index (χ2n) is 8.11. The fraction of sp³-hybridized carbons (Fsp3) is 0.375. The summed E-state index contributed by atoms with van der Waals surface area (Å²) in [6.07, 6.45) is 2.03. The Bertz CT molecular complexity index is 1210. The number of benzene rings is 2. The maximum absolute atomic E-state index is 13.1. The van der Waals surface area contributed by atoms with E-state index in [1.165, 1.54) is 6.07 Å². The third-order valence-electron chi connectivity index (χ3n) is 5.79. The normalized spacial score (nSPS) is 18.3. The lowest BCUT2D eigenvalue weighted by atomic mass is 10.1. The zero-order valence-corrected chi connectivity index (χ0v) is 19.8. The molecule has 4 rings (SSSR count). The number of ether oxygens (including phenoxy) is 1. The van der Waals surface area contributed by atoms with Gasteiger partial charge >= 0.3 is 0 Å². The number of carbonyl (C=O) groups excluding carboxylic acids is 2. The fourth-order valence-corrected chi connectivity index (χ4v) is 5.39. The van der Waals surface area contributed by atoms with Gasteiger partial charge in [-0.3, -0.25) is 9.59 Å². The minimum absolute atomic E-state index is 0.163. The van der Waals surface area contributed by atoms with E-state index < -0.39 is 16.1 Å². The highest BCUT2D eigenvalue weighted by atomic mass is 32.2. The smallest absolute Gasteiger partial charge is 0.285 e. The number of fused-ring (bicyclic) bond motifs is 1. The first kappa shape index (κ1) is 23.9. The standard InChI is InChI=1S/C24H28N4O5S/c1-2-33-15-7-13-25-23(29)17-8-5-9-18(16-17)26-24(30)20-11-6-14-28(20)22-19-10-3-4-12-21(19)34(31,32)27-22/h3-5,8-10,12,16,20H,2,6-7,11,13-15H2,1H3,(H,25,29)(H,26,30)/t20-/m0/s1. The Hall–Kier alpha value is -3.24. The third kappa shape index (κ3) is 5.13. The van der Waals surface area contributed by atoms with E-state index in [9.17, 15) is 18.0 Å². The number of sulfonamides is 1. The molecule has 34 heavy (non-hydrogen) atoms.